The van der Waals surface area contributed by atoms with Crippen LogP contribution in [-0.2, 0) is 14.3 Å². The molecule has 1 rings (SSSR count). The van der Waals surface area contributed by atoms with Crippen LogP contribution in [0.15, 0.2) is 0 Å². The van der Waals surface area contributed by atoms with E-state index in [0.29, 0.717) is 19.6 Å². The van der Waals surface area contributed by atoms with E-state index in [-0.39, 0.29) is 29.3 Å². The van der Waals surface area contributed by atoms with Crippen molar-refractivity contribution < 1.29 is 14.3 Å². The molecule has 2 amide bonds. The van der Waals surface area contributed by atoms with Crippen LogP contribution >= 0.6 is 0 Å². The summed E-state index contributed by atoms with van der Waals surface area (Å²) >= 11 is 0. The Morgan fingerprint density at radius 3 is 2.74 bits per heavy atom. The van der Waals surface area contributed by atoms with E-state index < -0.39 is 0 Å². The fraction of sp³-hybridized carbons (Fsp3) is 0.857. The molecule has 0 bridgehead atoms. The van der Waals surface area contributed by atoms with Crippen LogP contribution in [0.4, 0.5) is 0 Å². The third-order valence-corrected chi connectivity index (χ3v) is 3.81. The number of amides is 2. The summed E-state index contributed by atoms with van der Waals surface area (Å²) in [5.41, 5.74) is -0.217. The molecule has 0 unspecified atom stereocenters. The number of rotatable bonds is 6. The van der Waals surface area contributed by atoms with Crippen LogP contribution in [0.25, 0.3) is 0 Å². The van der Waals surface area contributed by atoms with Gasteiger partial charge in [0.2, 0.25) is 11.8 Å². The lowest BCUT2D eigenvalue weighted by molar-refractivity contribution is -0.131. The summed E-state index contributed by atoms with van der Waals surface area (Å²) in [5, 5.41) is 3.01. The van der Waals surface area contributed by atoms with Crippen molar-refractivity contribution in [1.82, 2.24) is 10.2 Å². The first kappa shape index (κ1) is 16.0. The van der Waals surface area contributed by atoms with E-state index in [1.54, 1.807) is 12.0 Å². The van der Waals surface area contributed by atoms with Gasteiger partial charge in [-0.3, -0.25) is 9.59 Å². The van der Waals surface area contributed by atoms with Crippen molar-refractivity contribution in [1.29, 1.82) is 0 Å². The molecular formula is C14H26N2O3. The first-order valence-corrected chi connectivity index (χ1v) is 6.91. The Hall–Kier alpha value is -1.10. The molecule has 5 heteroatoms. The van der Waals surface area contributed by atoms with E-state index >= 15 is 0 Å². The van der Waals surface area contributed by atoms with Crippen molar-refractivity contribution in [3.63, 3.8) is 0 Å². The highest BCUT2D eigenvalue weighted by molar-refractivity contribution is 5.89. The fourth-order valence-electron chi connectivity index (χ4n) is 2.19. The Kier molecular flexibility index (Phi) is 5.35. The van der Waals surface area contributed by atoms with Crippen LogP contribution < -0.4 is 5.32 Å². The van der Waals surface area contributed by atoms with Crippen molar-refractivity contribution in [3.8, 4) is 0 Å². The van der Waals surface area contributed by atoms with Gasteiger partial charge in [0.25, 0.3) is 0 Å². The molecule has 0 aromatic heterocycles. The Labute approximate surface area is 115 Å². The van der Waals surface area contributed by atoms with Crippen molar-refractivity contribution in [3.05, 3.63) is 0 Å². The Balaban J connectivity index is 2.59. The molecule has 19 heavy (non-hydrogen) atoms. The summed E-state index contributed by atoms with van der Waals surface area (Å²) in [4.78, 5) is 25.8. The summed E-state index contributed by atoms with van der Waals surface area (Å²) in [7, 11) is 1.62. The number of likely N-dealkylation sites (tertiary alicyclic amines) is 1. The lowest BCUT2D eigenvalue weighted by Gasteiger charge is -2.27. The number of carbonyl (C=O) groups is 2. The number of nitrogens with zero attached hydrogens (tertiary/aromatic N) is 1. The van der Waals surface area contributed by atoms with Gasteiger partial charge in [0.05, 0.1) is 18.6 Å². The predicted molar refractivity (Wildman–Crippen MR) is 73.7 cm³/mol. The molecule has 2 atom stereocenters. The number of carbonyl (C=O) groups excluding carboxylic acids is 2. The predicted octanol–water partition coefficient (Wildman–Crippen LogP) is 1.17. The molecule has 0 aliphatic carbocycles. The molecule has 5 nitrogen and oxygen atoms in total. The van der Waals surface area contributed by atoms with Gasteiger partial charge in [-0.1, -0.05) is 6.92 Å². The first-order chi connectivity index (χ1) is 8.80. The van der Waals surface area contributed by atoms with Crippen LogP contribution in [-0.4, -0.2) is 48.6 Å². The summed E-state index contributed by atoms with van der Waals surface area (Å²) in [6, 6.07) is 0.0227. The molecule has 1 N–H and O–H groups in total. The van der Waals surface area contributed by atoms with E-state index in [0.717, 1.165) is 6.42 Å². The maximum Gasteiger partial charge on any atom is 0.225 e. The largest absolute Gasteiger partial charge is 0.383 e. The van der Waals surface area contributed by atoms with Gasteiger partial charge in [0.15, 0.2) is 0 Å². The molecule has 1 aliphatic rings. The molecule has 1 saturated heterocycles. The van der Waals surface area contributed by atoms with Crippen LogP contribution in [0.1, 0.15) is 40.5 Å². The Morgan fingerprint density at radius 2 is 2.21 bits per heavy atom. The molecule has 1 fully saturated rings. The zero-order valence-electron chi connectivity index (χ0n) is 12.7. The van der Waals surface area contributed by atoms with E-state index in [1.165, 1.54) is 0 Å². The first-order valence-electron chi connectivity index (χ1n) is 6.91. The highest BCUT2D eigenvalue weighted by Crippen LogP contribution is 2.21. The molecule has 0 aromatic carbocycles. The van der Waals surface area contributed by atoms with Crippen LogP contribution in [0.3, 0.4) is 0 Å². The van der Waals surface area contributed by atoms with Crippen molar-refractivity contribution >= 4 is 11.8 Å². The van der Waals surface area contributed by atoms with Crippen LogP contribution in [0.5, 0.6) is 0 Å². The second-order valence-corrected chi connectivity index (χ2v) is 5.98. The standard InChI is InChI=1S/C14H26N2O3/c1-6-14(3,4)15-13(18)11-7-12(17)16(8-11)10(2)9-19-5/h10-11H,6-9H2,1-5H3,(H,15,18)/t10-,11-/m1/s1. The topological polar surface area (TPSA) is 58.6 Å². The lowest BCUT2D eigenvalue weighted by atomic mass is 9.99. The van der Waals surface area contributed by atoms with E-state index in [2.05, 4.69) is 5.32 Å². The highest BCUT2D eigenvalue weighted by atomic mass is 16.5. The minimum absolute atomic E-state index is 0.0210. The summed E-state index contributed by atoms with van der Waals surface area (Å²) in [6.07, 6.45) is 1.17. The average molecular weight is 270 g/mol. The molecule has 0 aromatic rings. The third kappa shape index (κ3) is 4.20. The molecule has 1 aliphatic heterocycles. The van der Waals surface area contributed by atoms with Gasteiger partial charge in [-0.15, -0.1) is 0 Å². The minimum atomic E-state index is -0.238. The van der Waals surface area contributed by atoms with Crippen molar-refractivity contribution in [2.75, 3.05) is 20.3 Å². The number of methoxy groups -OCH3 is 1. The van der Waals surface area contributed by atoms with Gasteiger partial charge >= 0.3 is 0 Å². The van der Waals surface area contributed by atoms with E-state index in [4.69, 9.17) is 4.74 Å². The molecule has 110 valence electrons. The monoisotopic (exact) mass is 270 g/mol. The summed E-state index contributed by atoms with van der Waals surface area (Å²) in [5.74, 6) is -0.219. The lowest BCUT2D eigenvalue weighted by Crippen LogP contribution is -2.46. The summed E-state index contributed by atoms with van der Waals surface area (Å²) < 4.78 is 5.06. The minimum Gasteiger partial charge on any atom is -0.383 e. The Morgan fingerprint density at radius 1 is 1.58 bits per heavy atom. The van der Waals surface area contributed by atoms with Crippen LogP contribution in [0.2, 0.25) is 0 Å². The van der Waals surface area contributed by atoms with Gasteiger partial charge in [-0.25, -0.2) is 0 Å². The molecule has 0 spiro atoms. The van der Waals surface area contributed by atoms with Gasteiger partial charge in [-0.05, 0) is 27.2 Å². The number of nitrogens with one attached hydrogen (secondary N) is 1. The SMILES string of the molecule is CCC(C)(C)NC(=O)[C@@H]1CC(=O)N([C@H](C)COC)C1. The quantitative estimate of drug-likeness (QED) is 0.788. The number of hydrogen-bond donors (Lipinski definition) is 1. The maximum atomic E-state index is 12.2. The number of hydrogen-bond acceptors (Lipinski definition) is 3. The second-order valence-electron chi connectivity index (χ2n) is 5.98. The third-order valence-electron chi connectivity index (χ3n) is 3.81. The van der Waals surface area contributed by atoms with E-state index in [1.807, 2.05) is 27.7 Å². The molecular weight excluding hydrogens is 244 g/mol. The van der Waals surface area contributed by atoms with Crippen LogP contribution in [0, 0.1) is 5.92 Å². The van der Waals surface area contributed by atoms with Gasteiger partial charge < -0.3 is 15.0 Å². The maximum absolute atomic E-state index is 12.2. The van der Waals surface area contributed by atoms with Crippen molar-refractivity contribution in [2.45, 2.75) is 52.1 Å². The molecule has 0 saturated carbocycles. The Bertz CT molecular complexity index is 342. The second kappa shape index (κ2) is 6.37. The van der Waals surface area contributed by atoms with Gasteiger partial charge in [0.1, 0.15) is 0 Å². The fourth-order valence-corrected chi connectivity index (χ4v) is 2.19. The zero-order valence-corrected chi connectivity index (χ0v) is 12.7. The molecule has 1 heterocycles. The summed E-state index contributed by atoms with van der Waals surface area (Å²) in [6.45, 7) is 8.96. The van der Waals surface area contributed by atoms with Gasteiger partial charge in [0, 0.05) is 25.6 Å². The highest BCUT2D eigenvalue weighted by Gasteiger charge is 2.37. The zero-order chi connectivity index (χ0) is 14.6. The van der Waals surface area contributed by atoms with E-state index in [9.17, 15) is 9.59 Å². The normalized spacial score (nSPS) is 21.6. The van der Waals surface area contributed by atoms with Crippen molar-refractivity contribution in [2.24, 2.45) is 5.92 Å². The average Bonchev–Trinajstić information content (AvgIpc) is 2.71. The smallest absolute Gasteiger partial charge is 0.225 e. The van der Waals surface area contributed by atoms with Gasteiger partial charge in [-0.2, -0.15) is 0 Å². The molecule has 0 radical (unpaired) electrons. The number of ether oxygens (including phenoxy) is 1.